The molecule has 0 saturated carbocycles. The van der Waals surface area contributed by atoms with Gasteiger partial charge in [-0.25, -0.2) is 9.18 Å². The molecule has 0 spiro atoms. The van der Waals surface area contributed by atoms with Crippen molar-refractivity contribution in [3.05, 3.63) is 66.0 Å². The van der Waals surface area contributed by atoms with E-state index in [1.165, 1.54) is 12.1 Å². The molecule has 1 unspecified atom stereocenters. The van der Waals surface area contributed by atoms with Gasteiger partial charge in [-0.3, -0.25) is 0 Å². The van der Waals surface area contributed by atoms with E-state index in [1.54, 1.807) is 12.1 Å². The molecule has 2 aromatic carbocycles. The second kappa shape index (κ2) is 7.34. The Balaban J connectivity index is 1.52. The van der Waals surface area contributed by atoms with Gasteiger partial charge in [0.2, 0.25) is 0 Å². The molecule has 1 aliphatic heterocycles. The van der Waals surface area contributed by atoms with E-state index in [9.17, 15) is 9.18 Å². The number of anilines is 1. The third-order valence-electron chi connectivity index (χ3n) is 4.40. The molecule has 2 amide bonds. The Bertz CT molecular complexity index is 667. The summed E-state index contributed by atoms with van der Waals surface area (Å²) >= 11 is 0. The normalized spacial score (nSPS) is 15.9. The van der Waals surface area contributed by atoms with Crippen LogP contribution in [0.15, 0.2) is 54.6 Å². The van der Waals surface area contributed by atoms with Crippen molar-refractivity contribution in [3.63, 3.8) is 0 Å². The Labute approximate surface area is 141 Å². The molecule has 0 aromatic heterocycles. The van der Waals surface area contributed by atoms with Crippen LogP contribution < -0.4 is 10.2 Å². The van der Waals surface area contributed by atoms with Crippen LogP contribution in [0.25, 0.3) is 0 Å². The van der Waals surface area contributed by atoms with Gasteiger partial charge in [0.05, 0.1) is 6.04 Å². The summed E-state index contributed by atoms with van der Waals surface area (Å²) < 4.78 is 13.0. The van der Waals surface area contributed by atoms with E-state index >= 15 is 0 Å². The average molecular weight is 327 g/mol. The van der Waals surface area contributed by atoms with Crippen molar-refractivity contribution in [2.45, 2.75) is 13.0 Å². The largest absolute Gasteiger partial charge is 0.368 e. The SMILES string of the molecule is CC(NC(=O)N1CCN(c2ccc(F)cc2)CC1)c1ccccc1. The highest BCUT2D eigenvalue weighted by Crippen LogP contribution is 2.17. The van der Waals surface area contributed by atoms with E-state index in [2.05, 4.69) is 10.2 Å². The van der Waals surface area contributed by atoms with Crippen molar-refractivity contribution in [1.29, 1.82) is 0 Å². The zero-order valence-electron chi connectivity index (χ0n) is 13.8. The number of hydrogen-bond acceptors (Lipinski definition) is 2. The Morgan fingerprint density at radius 3 is 2.25 bits per heavy atom. The van der Waals surface area contributed by atoms with Crippen LogP contribution in [0.1, 0.15) is 18.5 Å². The molecule has 1 aliphatic rings. The standard InChI is InChI=1S/C19H22FN3O/c1-15(16-5-3-2-4-6-16)21-19(24)23-13-11-22(12-14-23)18-9-7-17(20)8-10-18/h2-10,15H,11-14H2,1H3,(H,21,24). The maximum Gasteiger partial charge on any atom is 0.317 e. The van der Waals surface area contributed by atoms with Gasteiger partial charge < -0.3 is 15.1 Å². The van der Waals surface area contributed by atoms with Crippen LogP contribution >= 0.6 is 0 Å². The van der Waals surface area contributed by atoms with Crippen molar-refractivity contribution in [1.82, 2.24) is 10.2 Å². The second-order valence-electron chi connectivity index (χ2n) is 6.03. The molecule has 2 aromatic rings. The molecule has 0 bridgehead atoms. The molecule has 4 nitrogen and oxygen atoms in total. The van der Waals surface area contributed by atoms with E-state index in [0.717, 1.165) is 24.3 Å². The molecule has 1 N–H and O–H groups in total. The molecule has 0 radical (unpaired) electrons. The van der Waals surface area contributed by atoms with Gasteiger partial charge in [-0.05, 0) is 36.8 Å². The summed E-state index contributed by atoms with van der Waals surface area (Å²) in [5.74, 6) is -0.230. The highest BCUT2D eigenvalue weighted by molar-refractivity contribution is 5.75. The minimum atomic E-state index is -0.230. The molecule has 1 heterocycles. The molecule has 1 saturated heterocycles. The highest BCUT2D eigenvalue weighted by atomic mass is 19.1. The first-order valence-electron chi connectivity index (χ1n) is 8.24. The van der Waals surface area contributed by atoms with Crippen molar-refractivity contribution < 1.29 is 9.18 Å². The van der Waals surface area contributed by atoms with E-state index in [4.69, 9.17) is 0 Å². The lowest BCUT2D eigenvalue weighted by Crippen LogP contribution is -2.52. The molecule has 1 atom stereocenters. The molecule has 5 heteroatoms. The Morgan fingerprint density at radius 2 is 1.62 bits per heavy atom. The topological polar surface area (TPSA) is 35.6 Å². The first-order valence-corrected chi connectivity index (χ1v) is 8.24. The molecular weight excluding hydrogens is 305 g/mol. The number of piperazine rings is 1. The minimum Gasteiger partial charge on any atom is -0.368 e. The number of halogens is 1. The van der Waals surface area contributed by atoms with Gasteiger partial charge in [-0.15, -0.1) is 0 Å². The smallest absolute Gasteiger partial charge is 0.317 e. The first kappa shape index (κ1) is 16.3. The van der Waals surface area contributed by atoms with Crippen molar-refractivity contribution >= 4 is 11.7 Å². The fourth-order valence-corrected chi connectivity index (χ4v) is 2.92. The number of nitrogens with zero attached hydrogens (tertiary/aromatic N) is 2. The van der Waals surface area contributed by atoms with Crippen LogP contribution in [0.2, 0.25) is 0 Å². The quantitative estimate of drug-likeness (QED) is 0.937. The number of urea groups is 1. The molecule has 0 aliphatic carbocycles. The van der Waals surface area contributed by atoms with Crippen LogP contribution in [0, 0.1) is 5.82 Å². The predicted molar refractivity (Wildman–Crippen MR) is 93.6 cm³/mol. The van der Waals surface area contributed by atoms with Crippen LogP contribution in [-0.2, 0) is 0 Å². The van der Waals surface area contributed by atoms with Crippen molar-refractivity contribution in [3.8, 4) is 0 Å². The van der Waals surface area contributed by atoms with E-state index in [-0.39, 0.29) is 17.9 Å². The summed E-state index contributed by atoms with van der Waals surface area (Å²) in [6.45, 7) is 4.80. The molecule has 3 rings (SSSR count). The summed E-state index contributed by atoms with van der Waals surface area (Å²) in [6.07, 6.45) is 0. The second-order valence-corrected chi connectivity index (χ2v) is 6.03. The number of carbonyl (C=O) groups excluding carboxylic acids is 1. The lowest BCUT2D eigenvalue weighted by Gasteiger charge is -2.36. The summed E-state index contributed by atoms with van der Waals surface area (Å²) in [5, 5.41) is 3.05. The minimum absolute atomic E-state index is 0.0196. The summed E-state index contributed by atoms with van der Waals surface area (Å²) in [5.41, 5.74) is 2.09. The number of carbonyl (C=O) groups is 1. The third kappa shape index (κ3) is 3.85. The number of nitrogens with one attached hydrogen (secondary N) is 1. The van der Waals surface area contributed by atoms with E-state index in [1.807, 2.05) is 42.2 Å². The van der Waals surface area contributed by atoms with Gasteiger partial charge in [-0.1, -0.05) is 30.3 Å². The third-order valence-corrected chi connectivity index (χ3v) is 4.40. The van der Waals surface area contributed by atoms with Gasteiger partial charge in [0, 0.05) is 31.9 Å². The lowest BCUT2D eigenvalue weighted by atomic mass is 10.1. The van der Waals surface area contributed by atoms with Gasteiger partial charge in [0.25, 0.3) is 0 Å². The Hall–Kier alpha value is -2.56. The average Bonchev–Trinajstić information content (AvgIpc) is 2.63. The zero-order valence-corrected chi connectivity index (χ0v) is 13.8. The van der Waals surface area contributed by atoms with Crippen LogP contribution in [0.3, 0.4) is 0 Å². The predicted octanol–water partition coefficient (Wildman–Crippen LogP) is 3.42. The van der Waals surface area contributed by atoms with E-state index < -0.39 is 0 Å². The van der Waals surface area contributed by atoms with Gasteiger partial charge in [-0.2, -0.15) is 0 Å². The number of hydrogen-bond donors (Lipinski definition) is 1. The molecule has 126 valence electrons. The molecular formula is C19H22FN3O. The summed E-state index contributed by atoms with van der Waals surface area (Å²) in [4.78, 5) is 16.4. The van der Waals surface area contributed by atoms with Gasteiger partial charge >= 0.3 is 6.03 Å². The Kier molecular flexibility index (Phi) is 4.99. The van der Waals surface area contributed by atoms with E-state index in [0.29, 0.717) is 13.1 Å². The molecule has 24 heavy (non-hydrogen) atoms. The number of benzene rings is 2. The van der Waals surface area contributed by atoms with Crippen LogP contribution in [0.4, 0.5) is 14.9 Å². The summed E-state index contributed by atoms with van der Waals surface area (Å²) in [7, 11) is 0. The van der Waals surface area contributed by atoms with Gasteiger partial charge in [0.15, 0.2) is 0 Å². The zero-order chi connectivity index (χ0) is 16.9. The summed E-state index contributed by atoms with van der Waals surface area (Å²) in [6, 6.07) is 16.4. The fourth-order valence-electron chi connectivity index (χ4n) is 2.92. The molecule has 1 fully saturated rings. The monoisotopic (exact) mass is 327 g/mol. The fraction of sp³-hybridized carbons (Fsp3) is 0.316. The first-order chi connectivity index (χ1) is 11.6. The maximum absolute atomic E-state index is 13.0. The van der Waals surface area contributed by atoms with Crippen molar-refractivity contribution in [2.24, 2.45) is 0 Å². The number of rotatable bonds is 3. The maximum atomic E-state index is 13.0. The number of amides is 2. The van der Waals surface area contributed by atoms with Crippen molar-refractivity contribution in [2.75, 3.05) is 31.1 Å². The van der Waals surface area contributed by atoms with Crippen LogP contribution in [-0.4, -0.2) is 37.1 Å². The lowest BCUT2D eigenvalue weighted by molar-refractivity contribution is 0.191. The Morgan fingerprint density at radius 1 is 1.00 bits per heavy atom. The highest BCUT2D eigenvalue weighted by Gasteiger charge is 2.22. The van der Waals surface area contributed by atoms with Gasteiger partial charge in [0.1, 0.15) is 5.82 Å². The van der Waals surface area contributed by atoms with Crippen LogP contribution in [0.5, 0.6) is 0 Å².